The lowest BCUT2D eigenvalue weighted by atomic mass is 10.2. The van der Waals surface area contributed by atoms with Gasteiger partial charge in [-0.3, -0.25) is 0 Å². The Hall–Kier alpha value is -1.72. The van der Waals surface area contributed by atoms with Crippen LogP contribution >= 0.6 is 15.9 Å². The number of halogens is 1. The summed E-state index contributed by atoms with van der Waals surface area (Å²) < 4.78 is 17.2. The molecule has 0 radical (unpaired) electrons. The number of hydrogen-bond donors (Lipinski definition) is 1. The molecule has 0 saturated heterocycles. The smallest absolute Gasteiger partial charge is 0.161 e. The van der Waals surface area contributed by atoms with Gasteiger partial charge in [0, 0.05) is 6.54 Å². The van der Waals surface area contributed by atoms with Crippen LogP contribution < -0.4 is 19.9 Å². The first kappa shape index (κ1) is 15.7. The standard InChI is InChI=1S/C16H18BrNO3/c1-19-14-5-4-12(7-13(14)17)10-21-15-6-3-11(9-18)8-16(15)20-2/h3-8H,9-10,18H2,1-2H3. The van der Waals surface area contributed by atoms with E-state index in [9.17, 15) is 0 Å². The van der Waals surface area contributed by atoms with Crippen LogP contribution in [0.2, 0.25) is 0 Å². The quantitative estimate of drug-likeness (QED) is 0.865. The molecule has 0 fully saturated rings. The van der Waals surface area contributed by atoms with Gasteiger partial charge in [0.1, 0.15) is 12.4 Å². The van der Waals surface area contributed by atoms with Gasteiger partial charge < -0.3 is 19.9 Å². The largest absolute Gasteiger partial charge is 0.496 e. The van der Waals surface area contributed by atoms with Crippen LogP contribution in [0.15, 0.2) is 40.9 Å². The van der Waals surface area contributed by atoms with E-state index in [0.717, 1.165) is 21.3 Å². The van der Waals surface area contributed by atoms with Crippen molar-refractivity contribution in [2.24, 2.45) is 5.73 Å². The molecule has 0 spiro atoms. The lowest BCUT2D eigenvalue weighted by Crippen LogP contribution is -2.01. The lowest BCUT2D eigenvalue weighted by Gasteiger charge is -2.12. The number of methoxy groups -OCH3 is 2. The van der Waals surface area contributed by atoms with Gasteiger partial charge >= 0.3 is 0 Å². The summed E-state index contributed by atoms with van der Waals surface area (Å²) in [5.41, 5.74) is 7.66. The normalized spacial score (nSPS) is 10.3. The highest BCUT2D eigenvalue weighted by Gasteiger charge is 2.07. The van der Waals surface area contributed by atoms with Crippen LogP contribution in [0, 0.1) is 0 Å². The molecule has 0 aliphatic carbocycles. The van der Waals surface area contributed by atoms with Gasteiger partial charge in [-0.1, -0.05) is 12.1 Å². The minimum absolute atomic E-state index is 0.445. The Balaban J connectivity index is 2.10. The molecule has 0 saturated carbocycles. The minimum Gasteiger partial charge on any atom is -0.496 e. The van der Waals surface area contributed by atoms with E-state index < -0.39 is 0 Å². The van der Waals surface area contributed by atoms with Crippen molar-refractivity contribution < 1.29 is 14.2 Å². The summed E-state index contributed by atoms with van der Waals surface area (Å²) in [6, 6.07) is 11.5. The molecular formula is C16H18BrNO3. The van der Waals surface area contributed by atoms with Crippen LogP contribution in [0.5, 0.6) is 17.2 Å². The van der Waals surface area contributed by atoms with Crippen LogP contribution in [-0.4, -0.2) is 14.2 Å². The maximum atomic E-state index is 5.81. The van der Waals surface area contributed by atoms with Crippen molar-refractivity contribution in [2.75, 3.05) is 14.2 Å². The fourth-order valence-corrected chi connectivity index (χ4v) is 2.51. The second-order valence-electron chi connectivity index (χ2n) is 4.45. The van der Waals surface area contributed by atoms with E-state index in [0.29, 0.717) is 24.7 Å². The first-order valence-corrected chi connectivity index (χ1v) is 7.29. The Morgan fingerprint density at radius 3 is 2.19 bits per heavy atom. The van der Waals surface area contributed by atoms with Gasteiger partial charge in [0.05, 0.1) is 18.7 Å². The Labute approximate surface area is 132 Å². The molecule has 2 rings (SSSR count). The highest BCUT2D eigenvalue weighted by Crippen LogP contribution is 2.30. The van der Waals surface area contributed by atoms with Crippen molar-refractivity contribution in [1.29, 1.82) is 0 Å². The molecule has 4 nitrogen and oxygen atoms in total. The maximum absolute atomic E-state index is 5.81. The summed E-state index contributed by atoms with van der Waals surface area (Å²) in [5.74, 6) is 2.18. The summed E-state index contributed by atoms with van der Waals surface area (Å²) in [7, 11) is 3.26. The second kappa shape index (κ2) is 7.33. The number of ether oxygens (including phenoxy) is 3. The van der Waals surface area contributed by atoms with E-state index in [1.165, 1.54) is 0 Å². The first-order valence-electron chi connectivity index (χ1n) is 6.50. The van der Waals surface area contributed by atoms with E-state index in [4.69, 9.17) is 19.9 Å². The molecule has 0 heterocycles. The average Bonchev–Trinajstić information content (AvgIpc) is 2.52. The Kier molecular flexibility index (Phi) is 5.47. The van der Waals surface area contributed by atoms with Gasteiger partial charge in [-0.15, -0.1) is 0 Å². The molecule has 0 bridgehead atoms. The zero-order valence-corrected chi connectivity index (χ0v) is 13.6. The SMILES string of the molecule is COc1ccc(COc2ccc(CN)cc2OC)cc1Br. The number of nitrogens with two attached hydrogens (primary N) is 1. The molecule has 21 heavy (non-hydrogen) atoms. The highest BCUT2D eigenvalue weighted by molar-refractivity contribution is 9.10. The van der Waals surface area contributed by atoms with Crippen LogP contribution in [0.3, 0.4) is 0 Å². The zero-order chi connectivity index (χ0) is 15.2. The van der Waals surface area contributed by atoms with Gasteiger partial charge in [0.2, 0.25) is 0 Å². The predicted molar refractivity (Wildman–Crippen MR) is 85.9 cm³/mol. The topological polar surface area (TPSA) is 53.7 Å². The van der Waals surface area contributed by atoms with Crippen molar-refractivity contribution in [3.05, 3.63) is 52.0 Å². The van der Waals surface area contributed by atoms with Gasteiger partial charge in [-0.25, -0.2) is 0 Å². The monoisotopic (exact) mass is 351 g/mol. The molecule has 2 aromatic carbocycles. The molecule has 0 aliphatic rings. The van der Waals surface area contributed by atoms with Gasteiger partial charge in [-0.2, -0.15) is 0 Å². The van der Waals surface area contributed by atoms with Crippen molar-refractivity contribution in [3.63, 3.8) is 0 Å². The molecule has 0 aliphatic heterocycles. The average molecular weight is 352 g/mol. The Morgan fingerprint density at radius 1 is 0.905 bits per heavy atom. The van der Waals surface area contributed by atoms with E-state index in [2.05, 4.69) is 15.9 Å². The summed E-state index contributed by atoms with van der Waals surface area (Å²) in [6.45, 7) is 0.920. The van der Waals surface area contributed by atoms with Gasteiger partial charge in [0.25, 0.3) is 0 Å². The molecule has 0 aromatic heterocycles. The summed E-state index contributed by atoms with van der Waals surface area (Å²) in [5, 5.41) is 0. The van der Waals surface area contributed by atoms with Crippen molar-refractivity contribution in [2.45, 2.75) is 13.2 Å². The van der Waals surface area contributed by atoms with Gasteiger partial charge in [-0.05, 0) is 51.3 Å². The van der Waals surface area contributed by atoms with E-state index in [1.807, 2.05) is 36.4 Å². The number of hydrogen-bond acceptors (Lipinski definition) is 4. The van der Waals surface area contributed by atoms with E-state index >= 15 is 0 Å². The molecule has 5 heteroatoms. The van der Waals surface area contributed by atoms with Crippen molar-refractivity contribution in [3.8, 4) is 17.2 Å². The zero-order valence-electron chi connectivity index (χ0n) is 12.1. The third-order valence-electron chi connectivity index (χ3n) is 3.07. The molecule has 112 valence electrons. The minimum atomic E-state index is 0.445. The Bertz CT molecular complexity index is 616. The maximum Gasteiger partial charge on any atom is 0.161 e. The van der Waals surface area contributed by atoms with E-state index in [1.54, 1.807) is 14.2 Å². The van der Waals surface area contributed by atoms with E-state index in [-0.39, 0.29) is 0 Å². The van der Waals surface area contributed by atoms with Gasteiger partial charge in [0.15, 0.2) is 11.5 Å². The second-order valence-corrected chi connectivity index (χ2v) is 5.30. The summed E-state index contributed by atoms with van der Waals surface area (Å²) >= 11 is 3.46. The first-order chi connectivity index (χ1) is 10.2. The fourth-order valence-electron chi connectivity index (χ4n) is 1.92. The molecule has 2 N–H and O–H groups in total. The summed E-state index contributed by atoms with van der Waals surface area (Å²) in [4.78, 5) is 0. The van der Waals surface area contributed by atoms with Crippen molar-refractivity contribution in [1.82, 2.24) is 0 Å². The van der Waals surface area contributed by atoms with Crippen LogP contribution in [-0.2, 0) is 13.2 Å². The van der Waals surface area contributed by atoms with Crippen LogP contribution in [0.25, 0.3) is 0 Å². The lowest BCUT2D eigenvalue weighted by molar-refractivity contribution is 0.284. The summed E-state index contributed by atoms with van der Waals surface area (Å²) in [6.07, 6.45) is 0. The third kappa shape index (κ3) is 3.89. The van der Waals surface area contributed by atoms with Crippen LogP contribution in [0.1, 0.15) is 11.1 Å². The van der Waals surface area contributed by atoms with Crippen molar-refractivity contribution >= 4 is 15.9 Å². The fraction of sp³-hybridized carbons (Fsp3) is 0.250. The number of rotatable bonds is 6. The number of benzene rings is 2. The highest BCUT2D eigenvalue weighted by atomic mass is 79.9. The predicted octanol–water partition coefficient (Wildman–Crippen LogP) is 3.50. The molecular weight excluding hydrogens is 334 g/mol. The molecule has 2 aromatic rings. The molecule has 0 atom stereocenters. The molecule has 0 unspecified atom stereocenters. The van der Waals surface area contributed by atoms with Crippen LogP contribution in [0.4, 0.5) is 0 Å². The molecule has 0 amide bonds. The Morgan fingerprint density at radius 2 is 1.57 bits per heavy atom. The third-order valence-corrected chi connectivity index (χ3v) is 3.69.